The van der Waals surface area contributed by atoms with E-state index in [9.17, 15) is 4.79 Å². The number of piperidine rings is 1. The van der Waals surface area contributed by atoms with Gasteiger partial charge >= 0.3 is 0 Å². The van der Waals surface area contributed by atoms with Crippen molar-refractivity contribution in [3.8, 4) is 11.6 Å². The first kappa shape index (κ1) is 15.1. The number of carbonyl (C=O) groups is 1. The molecule has 0 saturated carbocycles. The highest BCUT2D eigenvalue weighted by Crippen LogP contribution is 2.24. The summed E-state index contributed by atoms with van der Waals surface area (Å²) in [6.45, 7) is 4.55. The Hall–Kier alpha value is -1.76. The lowest BCUT2D eigenvalue weighted by Crippen LogP contribution is -2.36. The summed E-state index contributed by atoms with van der Waals surface area (Å²) >= 11 is 1.45. The fourth-order valence-electron chi connectivity index (χ4n) is 2.63. The van der Waals surface area contributed by atoms with Crippen molar-refractivity contribution < 1.29 is 9.21 Å². The SMILES string of the molecule is CCn1c(SCC(=O)N2CCCCC2)nnc1-c1ccco1. The second-order valence-corrected chi connectivity index (χ2v) is 6.20. The summed E-state index contributed by atoms with van der Waals surface area (Å²) < 4.78 is 7.37. The molecule has 0 aliphatic carbocycles. The van der Waals surface area contributed by atoms with Gasteiger partial charge in [-0.3, -0.25) is 9.36 Å². The van der Waals surface area contributed by atoms with Crippen LogP contribution in [0.15, 0.2) is 28.0 Å². The van der Waals surface area contributed by atoms with Crippen LogP contribution in [0.4, 0.5) is 0 Å². The third-order valence-corrected chi connectivity index (χ3v) is 4.76. The number of furan rings is 1. The zero-order valence-electron chi connectivity index (χ0n) is 12.7. The predicted octanol–water partition coefficient (Wildman–Crippen LogP) is 2.66. The molecular weight excluding hydrogens is 300 g/mol. The van der Waals surface area contributed by atoms with Gasteiger partial charge in [-0.2, -0.15) is 0 Å². The maximum absolute atomic E-state index is 12.2. The van der Waals surface area contributed by atoms with Gasteiger partial charge in [-0.1, -0.05) is 11.8 Å². The topological polar surface area (TPSA) is 64.2 Å². The molecule has 7 heteroatoms. The van der Waals surface area contributed by atoms with Gasteiger partial charge in [0.05, 0.1) is 12.0 Å². The Balaban J connectivity index is 1.66. The zero-order chi connectivity index (χ0) is 15.4. The fraction of sp³-hybridized carbons (Fsp3) is 0.533. The van der Waals surface area contributed by atoms with Gasteiger partial charge in [-0.05, 0) is 38.3 Å². The highest BCUT2D eigenvalue weighted by Gasteiger charge is 2.19. The van der Waals surface area contributed by atoms with Gasteiger partial charge in [0.25, 0.3) is 0 Å². The molecule has 1 amide bonds. The zero-order valence-corrected chi connectivity index (χ0v) is 13.5. The van der Waals surface area contributed by atoms with E-state index in [0.29, 0.717) is 17.3 Å². The summed E-state index contributed by atoms with van der Waals surface area (Å²) in [5, 5.41) is 9.16. The van der Waals surface area contributed by atoms with Crippen molar-refractivity contribution in [1.29, 1.82) is 0 Å². The third-order valence-electron chi connectivity index (χ3n) is 3.81. The van der Waals surface area contributed by atoms with Crippen LogP contribution >= 0.6 is 11.8 Å². The predicted molar refractivity (Wildman–Crippen MR) is 84.6 cm³/mol. The fourth-order valence-corrected chi connectivity index (χ4v) is 3.53. The molecule has 1 fully saturated rings. The maximum atomic E-state index is 12.2. The van der Waals surface area contributed by atoms with E-state index < -0.39 is 0 Å². The van der Waals surface area contributed by atoms with Gasteiger partial charge in [-0.15, -0.1) is 10.2 Å². The molecular formula is C15H20N4O2S. The summed E-state index contributed by atoms with van der Waals surface area (Å²) in [6.07, 6.45) is 5.08. The second-order valence-electron chi connectivity index (χ2n) is 5.26. The van der Waals surface area contributed by atoms with Gasteiger partial charge in [-0.25, -0.2) is 0 Å². The van der Waals surface area contributed by atoms with Crippen LogP contribution in [0.3, 0.4) is 0 Å². The summed E-state index contributed by atoms with van der Waals surface area (Å²) in [6, 6.07) is 3.69. The number of rotatable bonds is 5. The van der Waals surface area contributed by atoms with Crippen LogP contribution in [0.2, 0.25) is 0 Å². The Labute approximate surface area is 133 Å². The van der Waals surface area contributed by atoms with E-state index in [1.165, 1.54) is 18.2 Å². The lowest BCUT2D eigenvalue weighted by Gasteiger charge is -2.26. The molecule has 1 saturated heterocycles. The van der Waals surface area contributed by atoms with Crippen LogP contribution in [0.25, 0.3) is 11.6 Å². The van der Waals surface area contributed by atoms with E-state index in [-0.39, 0.29) is 5.91 Å². The van der Waals surface area contributed by atoms with E-state index in [4.69, 9.17) is 4.42 Å². The highest BCUT2D eigenvalue weighted by atomic mass is 32.2. The minimum Gasteiger partial charge on any atom is -0.461 e. The molecule has 0 N–H and O–H groups in total. The number of likely N-dealkylation sites (tertiary alicyclic amines) is 1. The minimum atomic E-state index is 0.190. The van der Waals surface area contributed by atoms with Crippen molar-refractivity contribution in [3.05, 3.63) is 18.4 Å². The standard InChI is InChI=1S/C15H20N4O2S/c1-2-19-14(12-7-6-10-21-12)16-17-15(19)22-11-13(20)18-8-4-3-5-9-18/h6-7,10H,2-5,8-9,11H2,1H3. The molecule has 0 atom stereocenters. The second kappa shape index (κ2) is 7.00. The van der Waals surface area contributed by atoms with Gasteiger partial charge in [0.2, 0.25) is 5.91 Å². The largest absolute Gasteiger partial charge is 0.461 e. The van der Waals surface area contributed by atoms with Crippen LogP contribution in [0.5, 0.6) is 0 Å². The molecule has 6 nitrogen and oxygen atoms in total. The summed E-state index contributed by atoms with van der Waals surface area (Å²) in [5.41, 5.74) is 0. The Morgan fingerprint density at radius 2 is 2.14 bits per heavy atom. The van der Waals surface area contributed by atoms with Crippen molar-refractivity contribution in [2.24, 2.45) is 0 Å². The quantitative estimate of drug-likeness (QED) is 0.793. The normalized spacial score (nSPS) is 15.2. The number of carbonyl (C=O) groups excluding carboxylic acids is 1. The molecule has 1 aliphatic rings. The van der Waals surface area contributed by atoms with E-state index >= 15 is 0 Å². The summed E-state index contributed by atoms with van der Waals surface area (Å²) in [5.74, 6) is 2.01. The average molecular weight is 320 g/mol. The molecule has 1 aliphatic heterocycles. The molecule has 3 heterocycles. The lowest BCUT2D eigenvalue weighted by molar-refractivity contribution is -0.129. The summed E-state index contributed by atoms with van der Waals surface area (Å²) in [4.78, 5) is 14.2. The molecule has 2 aromatic rings. The van der Waals surface area contributed by atoms with E-state index in [2.05, 4.69) is 10.2 Å². The lowest BCUT2D eigenvalue weighted by atomic mass is 10.1. The molecule has 0 bridgehead atoms. The molecule has 0 radical (unpaired) electrons. The Morgan fingerprint density at radius 3 is 2.82 bits per heavy atom. The van der Waals surface area contributed by atoms with Gasteiger partial charge in [0.15, 0.2) is 16.7 Å². The molecule has 0 spiro atoms. The third kappa shape index (κ3) is 3.19. The van der Waals surface area contributed by atoms with Gasteiger partial charge in [0.1, 0.15) is 0 Å². The summed E-state index contributed by atoms with van der Waals surface area (Å²) in [7, 11) is 0. The van der Waals surface area contributed by atoms with Gasteiger partial charge < -0.3 is 9.32 Å². The van der Waals surface area contributed by atoms with Crippen LogP contribution in [0.1, 0.15) is 26.2 Å². The maximum Gasteiger partial charge on any atom is 0.233 e. The molecule has 3 rings (SSSR count). The number of hydrogen-bond acceptors (Lipinski definition) is 5. The van der Waals surface area contributed by atoms with Crippen LogP contribution < -0.4 is 0 Å². The number of aromatic nitrogens is 3. The van der Waals surface area contributed by atoms with E-state index in [1.54, 1.807) is 6.26 Å². The Morgan fingerprint density at radius 1 is 1.32 bits per heavy atom. The van der Waals surface area contributed by atoms with Crippen molar-refractivity contribution in [1.82, 2.24) is 19.7 Å². The van der Waals surface area contributed by atoms with Crippen LogP contribution in [-0.4, -0.2) is 44.4 Å². The smallest absolute Gasteiger partial charge is 0.233 e. The van der Waals surface area contributed by atoms with E-state index in [1.807, 2.05) is 28.5 Å². The molecule has 2 aromatic heterocycles. The molecule has 0 aromatic carbocycles. The highest BCUT2D eigenvalue weighted by molar-refractivity contribution is 7.99. The first-order valence-corrected chi connectivity index (χ1v) is 8.66. The number of amides is 1. The van der Waals surface area contributed by atoms with Crippen molar-refractivity contribution in [3.63, 3.8) is 0 Å². The van der Waals surface area contributed by atoms with Crippen molar-refractivity contribution in [2.75, 3.05) is 18.8 Å². The first-order valence-electron chi connectivity index (χ1n) is 7.67. The minimum absolute atomic E-state index is 0.190. The van der Waals surface area contributed by atoms with Crippen molar-refractivity contribution >= 4 is 17.7 Å². The Kier molecular flexibility index (Phi) is 4.82. The molecule has 118 valence electrons. The molecule has 0 unspecified atom stereocenters. The van der Waals surface area contributed by atoms with Crippen LogP contribution in [-0.2, 0) is 11.3 Å². The first-order chi connectivity index (χ1) is 10.8. The van der Waals surface area contributed by atoms with Crippen molar-refractivity contribution in [2.45, 2.75) is 37.9 Å². The number of hydrogen-bond donors (Lipinski definition) is 0. The molecule has 22 heavy (non-hydrogen) atoms. The van der Waals surface area contributed by atoms with Crippen LogP contribution in [0, 0.1) is 0 Å². The monoisotopic (exact) mass is 320 g/mol. The average Bonchev–Trinajstić information content (AvgIpc) is 3.22. The number of thioether (sulfide) groups is 1. The Bertz CT molecular complexity index is 618. The van der Waals surface area contributed by atoms with Gasteiger partial charge in [0, 0.05) is 19.6 Å². The van der Waals surface area contributed by atoms with E-state index in [0.717, 1.165) is 37.6 Å². The number of nitrogens with zero attached hydrogens (tertiary/aromatic N) is 4.